The van der Waals surface area contributed by atoms with Crippen molar-refractivity contribution in [1.82, 2.24) is 9.97 Å². The fourth-order valence-electron chi connectivity index (χ4n) is 2.14. The molecule has 2 aromatic heterocycles. The van der Waals surface area contributed by atoms with Gasteiger partial charge in [-0.3, -0.25) is 10.1 Å². The van der Waals surface area contributed by atoms with Crippen LogP contribution >= 0.6 is 22.7 Å². The lowest BCUT2D eigenvalue weighted by Crippen LogP contribution is -2.15. The van der Waals surface area contributed by atoms with Crippen molar-refractivity contribution in [2.24, 2.45) is 0 Å². The number of hydrogen-bond acceptors (Lipinski definition) is 7. The third-order valence-corrected chi connectivity index (χ3v) is 5.38. The van der Waals surface area contributed by atoms with E-state index in [9.17, 15) is 13.6 Å². The van der Waals surface area contributed by atoms with Crippen molar-refractivity contribution in [3.05, 3.63) is 51.5 Å². The highest BCUT2D eigenvalue weighted by atomic mass is 32.1. The minimum Gasteiger partial charge on any atom is -0.298 e. The van der Waals surface area contributed by atoms with Crippen molar-refractivity contribution >= 4 is 39.9 Å². The average molecular weight is 409 g/mol. The van der Waals surface area contributed by atoms with Crippen LogP contribution in [0.15, 0.2) is 23.6 Å². The third kappa shape index (κ3) is 4.88. The zero-order valence-corrected chi connectivity index (χ0v) is 15.8. The van der Waals surface area contributed by atoms with Crippen LogP contribution < -0.4 is 5.32 Å². The number of benzene rings is 1. The molecule has 0 spiro atoms. The highest BCUT2D eigenvalue weighted by molar-refractivity contribution is 7.19. The Kier molecular flexibility index (Phi) is 7.00. The minimum atomic E-state index is -0.909. The monoisotopic (exact) mass is 409 g/mol. The normalized spacial score (nSPS) is 9.93. The number of anilines is 1. The van der Waals surface area contributed by atoms with E-state index >= 15 is 0 Å². The average Bonchev–Trinajstić information content (AvgIpc) is 3.21. The van der Waals surface area contributed by atoms with Crippen molar-refractivity contribution in [3.63, 3.8) is 0 Å². The molecule has 3 aromatic rings. The van der Waals surface area contributed by atoms with Gasteiger partial charge in [0, 0.05) is 5.38 Å². The summed E-state index contributed by atoms with van der Waals surface area (Å²) < 4.78 is 27.3. The Bertz CT molecular complexity index is 975. The Morgan fingerprint density at radius 1 is 1.22 bits per heavy atom. The van der Waals surface area contributed by atoms with Gasteiger partial charge in [0.25, 0.3) is 5.91 Å². The highest BCUT2D eigenvalue weighted by Gasteiger charge is 2.20. The molecule has 0 aliphatic heterocycles. The smallest absolute Gasteiger partial charge is 0.298 e. The van der Waals surface area contributed by atoms with Crippen LogP contribution in [0.1, 0.15) is 28.0 Å². The quantitative estimate of drug-likeness (QED) is 0.701. The largest absolute Gasteiger partial charge is 0.373 e. The van der Waals surface area contributed by atoms with E-state index in [1.807, 2.05) is 12.3 Å². The Morgan fingerprint density at radius 3 is 2.41 bits per heavy atom. The summed E-state index contributed by atoms with van der Waals surface area (Å²) >= 11 is 2.79. The molecule has 10 heteroatoms. The van der Waals surface area contributed by atoms with E-state index in [4.69, 9.17) is 9.59 Å². The van der Waals surface area contributed by atoms with Crippen LogP contribution in [0.4, 0.5) is 13.9 Å². The van der Waals surface area contributed by atoms with Gasteiger partial charge in [-0.2, -0.15) is 9.59 Å². The summed E-state index contributed by atoms with van der Waals surface area (Å²) in [4.78, 5) is 38.0. The van der Waals surface area contributed by atoms with Crippen LogP contribution in [0, 0.1) is 18.6 Å². The first-order chi connectivity index (χ1) is 12.9. The van der Waals surface area contributed by atoms with Crippen LogP contribution in [0.25, 0.3) is 10.6 Å². The van der Waals surface area contributed by atoms with Crippen molar-refractivity contribution in [1.29, 1.82) is 0 Å². The van der Waals surface area contributed by atoms with Gasteiger partial charge in [-0.15, -0.1) is 11.3 Å². The van der Waals surface area contributed by atoms with Gasteiger partial charge in [-0.05, 0) is 25.5 Å². The Morgan fingerprint density at radius 2 is 1.85 bits per heavy atom. The standard InChI is InChI=1S/C16H13F2N3OS2.CO2/c1-3-12-20-11(7-23-12)14-8(2)19-16(24-14)21-15(22)13-9(17)5-4-6-10(13)18;2-1-3/h4-7H,3H2,1-2H3,(H,19,21,22);. The van der Waals surface area contributed by atoms with E-state index in [0.717, 1.165) is 34.1 Å². The number of thiazole rings is 2. The lowest BCUT2D eigenvalue weighted by atomic mass is 10.2. The number of rotatable bonds is 4. The van der Waals surface area contributed by atoms with Gasteiger partial charge in [0.2, 0.25) is 0 Å². The zero-order valence-electron chi connectivity index (χ0n) is 14.2. The summed E-state index contributed by atoms with van der Waals surface area (Å²) in [7, 11) is 0. The fraction of sp³-hybridized carbons (Fsp3) is 0.176. The van der Waals surface area contributed by atoms with Crippen LogP contribution in [0.5, 0.6) is 0 Å². The molecule has 2 heterocycles. The molecule has 0 saturated heterocycles. The topological polar surface area (TPSA) is 89.0 Å². The molecule has 0 saturated carbocycles. The van der Waals surface area contributed by atoms with E-state index in [1.54, 1.807) is 18.3 Å². The Hall–Kier alpha value is -2.81. The van der Waals surface area contributed by atoms with Crippen LogP contribution in [-0.4, -0.2) is 22.0 Å². The van der Waals surface area contributed by atoms with E-state index < -0.39 is 23.1 Å². The van der Waals surface area contributed by atoms with E-state index in [-0.39, 0.29) is 11.3 Å². The van der Waals surface area contributed by atoms with Crippen molar-refractivity contribution in [3.8, 4) is 10.6 Å². The Balaban J connectivity index is 0.000000817. The number of nitrogens with zero attached hydrogens (tertiary/aromatic N) is 2. The van der Waals surface area contributed by atoms with E-state index in [1.165, 1.54) is 17.4 Å². The molecule has 0 aliphatic carbocycles. The first-order valence-corrected chi connectivity index (χ1v) is 9.27. The van der Waals surface area contributed by atoms with Gasteiger partial charge in [0.05, 0.1) is 21.3 Å². The predicted octanol–water partition coefficient (Wildman–Crippen LogP) is 4.08. The van der Waals surface area contributed by atoms with E-state index in [0.29, 0.717) is 5.69 Å². The molecular weight excluding hydrogens is 396 g/mol. The summed E-state index contributed by atoms with van der Waals surface area (Å²) in [5, 5.41) is 5.68. The van der Waals surface area contributed by atoms with Gasteiger partial charge < -0.3 is 0 Å². The molecular formula is C17H13F2N3O3S2. The van der Waals surface area contributed by atoms with Crippen molar-refractivity contribution in [2.75, 3.05) is 5.32 Å². The molecule has 3 rings (SSSR count). The van der Waals surface area contributed by atoms with Crippen LogP contribution in [0.2, 0.25) is 0 Å². The van der Waals surface area contributed by atoms with Gasteiger partial charge in [-0.1, -0.05) is 24.3 Å². The molecule has 0 radical (unpaired) electrons. The number of halogens is 2. The molecule has 0 aliphatic rings. The predicted molar refractivity (Wildman–Crippen MR) is 96.7 cm³/mol. The highest BCUT2D eigenvalue weighted by Crippen LogP contribution is 2.33. The van der Waals surface area contributed by atoms with E-state index in [2.05, 4.69) is 15.3 Å². The first-order valence-electron chi connectivity index (χ1n) is 7.58. The van der Waals surface area contributed by atoms with Crippen molar-refractivity contribution in [2.45, 2.75) is 20.3 Å². The number of aromatic nitrogens is 2. The molecule has 1 aromatic carbocycles. The summed E-state index contributed by atoms with van der Waals surface area (Å²) in [6, 6.07) is 3.29. The molecule has 0 atom stereocenters. The van der Waals surface area contributed by atoms with Gasteiger partial charge >= 0.3 is 6.15 Å². The van der Waals surface area contributed by atoms with Gasteiger partial charge in [-0.25, -0.2) is 18.7 Å². The maximum absolute atomic E-state index is 13.7. The molecule has 6 nitrogen and oxygen atoms in total. The molecule has 1 amide bonds. The second-order valence-corrected chi connectivity index (χ2v) is 6.99. The molecule has 140 valence electrons. The number of hydrogen-bond donors (Lipinski definition) is 1. The van der Waals surface area contributed by atoms with Gasteiger partial charge in [0.1, 0.15) is 17.2 Å². The van der Waals surface area contributed by atoms with Crippen LogP contribution in [-0.2, 0) is 16.0 Å². The second-order valence-electron chi connectivity index (χ2n) is 5.05. The summed E-state index contributed by atoms with van der Waals surface area (Å²) in [5.74, 6) is -2.68. The molecule has 1 N–H and O–H groups in total. The molecule has 0 bridgehead atoms. The fourth-order valence-corrected chi connectivity index (χ4v) is 3.87. The summed E-state index contributed by atoms with van der Waals surface area (Å²) in [5.41, 5.74) is 0.885. The molecule has 27 heavy (non-hydrogen) atoms. The maximum atomic E-state index is 13.7. The van der Waals surface area contributed by atoms with Crippen molar-refractivity contribution < 1.29 is 23.2 Å². The maximum Gasteiger partial charge on any atom is 0.373 e. The number of aryl methyl sites for hydroxylation is 2. The van der Waals surface area contributed by atoms with Crippen LogP contribution in [0.3, 0.4) is 0 Å². The second kappa shape index (κ2) is 9.22. The SMILES string of the molecule is CCc1nc(-c2sc(NC(=O)c3c(F)cccc3F)nc2C)cs1.O=C=O. The number of carbonyl (C=O) groups is 1. The lowest BCUT2D eigenvalue weighted by Gasteiger charge is -2.04. The minimum absolute atomic E-state index is 0.250. The number of carbonyl (C=O) groups excluding carboxylic acids is 3. The summed E-state index contributed by atoms with van der Waals surface area (Å²) in [6.07, 6.45) is 1.10. The number of nitrogens with one attached hydrogen (secondary N) is 1. The zero-order chi connectivity index (χ0) is 20.0. The first kappa shape index (κ1) is 20.5. The Labute approximate surface area is 160 Å². The molecule has 0 unspecified atom stereocenters. The number of amides is 1. The summed E-state index contributed by atoms with van der Waals surface area (Å²) in [6.45, 7) is 3.83. The third-order valence-electron chi connectivity index (χ3n) is 3.29. The molecule has 0 fully saturated rings. The van der Waals surface area contributed by atoms with Gasteiger partial charge in [0.15, 0.2) is 5.13 Å². The lowest BCUT2D eigenvalue weighted by molar-refractivity contribution is -0.191.